The van der Waals surface area contributed by atoms with E-state index in [2.05, 4.69) is 0 Å². The second-order valence-corrected chi connectivity index (χ2v) is 0. The van der Waals surface area contributed by atoms with E-state index < -0.39 is 0 Å². The molecule has 0 aliphatic rings. The zero-order chi connectivity index (χ0) is 0. The molecule has 0 N–H and O–H groups in total. The van der Waals surface area contributed by atoms with E-state index in [1.165, 1.54) is 0 Å². The number of hydrogen-bond donors (Lipinski definition) is 0. The fourth-order valence-corrected chi connectivity index (χ4v) is 0. The molecule has 0 amide bonds. The molecule has 1 radical (unpaired) electrons. The van der Waals surface area contributed by atoms with Crippen molar-refractivity contribution in [1.29, 1.82) is 0 Å². The molecule has 0 aromatic heterocycles. The van der Waals surface area contributed by atoms with Crippen molar-refractivity contribution in [2.24, 2.45) is 0 Å². The minimum Gasteiger partial charge on any atom is -0.269 e. The predicted octanol–water partition coefficient (Wildman–Crippen LogP) is 0.0767. The van der Waals surface area contributed by atoms with E-state index in [0.29, 0.717) is 0 Å². The van der Waals surface area contributed by atoms with Gasteiger partial charge in [-0.05, 0) is 0 Å². The van der Waals surface area contributed by atoms with Gasteiger partial charge < -0.3 is 0 Å². The van der Waals surface area contributed by atoms with E-state index >= 15 is 0 Å². The third-order valence-corrected chi connectivity index (χ3v) is 0. The van der Waals surface area contributed by atoms with Crippen LogP contribution in [0, 0.1) is 0 Å². The van der Waals surface area contributed by atoms with Crippen molar-refractivity contribution in [2.75, 3.05) is 0 Å². The van der Waals surface area contributed by atoms with Gasteiger partial charge in [-0.15, -0.1) is 0 Å². The summed E-state index contributed by atoms with van der Waals surface area (Å²) >= 11 is 0. The Morgan fingerprint density at radius 2 is 0.500 bits per heavy atom. The number of hydrogen-bond acceptors (Lipinski definition) is 0. The van der Waals surface area contributed by atoms with Gasteiger partial charge in [-0.3, -0.25) is 14.1 Å². The molecule has 0 fully saturated rings. The molecular weight excluding hydrogens is 261 g/mol. The van der Waals surface area contributed by atoms with Gasteiger partial charge in [0.2, 0.25) is 0 Å². The van der Waals surface area contributed by atoms with Crippen LogP contribution in [-0.2, 0) is 0 Å². The Balaban J connectivity index is 0. The van der Waals surface area contributed by atoms with Crippen LogP contribution in [0.4, 0.5) is 14.1 Å². The maximum Gasteiger partial charge on any atom is 0 e. The van der Waals surface area contributed by atoms with E-state index in [9.17, 15) is 0 Å². The first-order chi connectivity index (χ1) is 0. The first kappa shape index (κ1) is 128. The molecule has 0 aromatic carbocycles. The Morgan fingerprint density at radius 3 is 0.500 bits per heavy atom. The van der Waals surface area contributed by atoms with Gasteiger partial charge in [-0.2, -0.15) is 0 Å². The fraction of sp³-hybridized carbons (Fsp3) is 0. The molecule has 0 rings (SSSR count). The fourth-order valence-electron chi connectivity index (χ4n) is 0. The van der Waals surface area contributed by atoms with Crippen LogP contribution in [0.5, 0.6) is 0 Å². The molecule has 0 nitrogen and oxygen atoms in total. The van der Waals surface area contributed by atoms with E-state index in [1.807, 2.05) is 0 Å². The summed E-state index contributed by atoms with van der Waals surface area (Å²) in [5.74, 6) is 0. The summed E-state index contributed by atoms with van der Waals surface area (Å²) in [5, 5.41) is 0. The first-order valence-corrected chi connectivity index (χ1v) is 0. The molecule has 0 aliphatic heterocycles. The van der Waals surface area contributed by atoms with Crippen LogP contribution in [0.3, 0.4) is 0 Å². The molecule has 4 heteroatoms. The second-order valence-electron chi connectivity index (χ2n) is 0. The van der Waals surface area contributed by atoms with Crippen molar-refractivity contribution < 1.29 is 14.1 Å². The van der Waals surface area contributed by atoms with Crippen LogP contribution < -0.4 is 0 Å². The van der Waals surface area contributed by atoms with Gasteiger partial charge in [-0.25, -0.2) is 0 Å². The number of halogens is 3. The maximum absolute atomic E-state index is 0. The predicted molar refractivity (Wildman–Crippen MR) is 13.3 cm³/mol. The zero-order valence-corrected chi connectivity index (χ0v) is 6.29. The normalized spacial score (nSPS) is 0. The molecule has 0 saturated heterocycles. The summed E-state index contributed by atoms with van der Waals surface area (Å²) < 4.78 is 0. The summed E-state index contributed by atoms with van der Waals surface area (Å²) in [7, 11) is 0. The van der Waals surface area contributed by atoms with Gasteiger partial charge in [0, 0.05) is 27.3 Å². The first-order valence-electron chi connectivity index (χ1n) is 0. The van der Waals surface area contributed by atoms with Crippen molar-refractivity contribution in [2.45, 2.75) is 0 Å². The summed E-state index contributed by atoms with van der Waals surface area (Å²) in [4.78, 5) is 0. The Labute approximate surface area is 41.8 Å². The van der Waals surface area contributed by atoms with E-state index in [0.717, 1.165) is 0 Å². The van der Waals surface area contributed by atoms with Crippen LogP contribution in [0.2, 0.25) is 0 Å². The Bertz CT molecular complexity index is 3.25. The molecule has 0 aliphatic carbocycles. The third-order valence-electron chi connectivity index (χ3n) is 0. The average molecular weight is 264 g/mol. The van der Waals surface area contributed by atoms with E-state index in [-0.39, 0.29) is 41.4 Å². The van der Waals surface area contributed by atoms with Gasteiger partial charge in [-0.1, -0.05) is 0 Å². The standard InChI is InChI=1S/3FH.Tl/h3*1H;. The van der Waals surface area contributed by atoms with Crippen molar-refractivity contribution in [1.82, 2.24) is 0 Å². The number of rotatable bonds is 0. The van der Waals surface area contributed by atoms with Crippen LogP contribution in [0.15, 0.2) is 0 Å². The molecule has 0 saturated carbocycles. The third kappa shape index (κ3) is 15.7. The molecule has 0 atom stereocenters. The molecule has 4 heavy (non-hydrogen) atoms. The van der Waals surface area contributed by atoms with Crippen molar-refractivity contribution in [3.8, 4) is 0 Å². The summed E-state index contributed by atoms with van der Waals surface area (Å²) in [6.45, 7) is 0. The average Bonchev–Trinajstić information content (AvgIpc) is 0. The van der Waals surface area contributed by atoms with Crippen LogP contribution in [0.1, 0.15) is 0 Å². The van der Waals surface area contributed by atoms with E-state index in [1.54, 1.807) is 0 Å². The van der Waals surface area contributed by atoms with Crippen molar-refractivity contribution in [3.05, 3.63) is 0 Å². The smallest absolute Gasteiger partial charge is 0 e. The SMILES string of the molecule is F.F.F.[Tl]. The van der Waals surface area contributed by atoms with Crippen LogP contribution in [-0.4, -0.2) is 27.3 Å². The zero-order valence-electron chi connectivity index (χ0n) is 1.80. The monoisotopic (exact) mass is 265 g/mol. The van der Waals surface area contributed by atoms with E-state index in [4.69, 9.17) is 0 Å². The molecule has 0 spiro atoms. The largest absolute Gasteiger partial charge is 0.269 e. The van der Waals surface area contributed by atoms with Gasteiger partial charge >= 0.3 is 0 Å². The molecule has 0 bridgehead atoms. The van der Waals surface area contributed by atoms with Crippen molar-refractivity contribution >= 4 is 27.3 Å². The summed E-state index contributed by atoms with van der Waals surface area (Å²) in [6.07, 6.45) is 0. The molecule has 27 valence electrons. The summed E-state index contributed by atoms with van der Waals surface area (Å²) in [5.41, 5.74) is 0. The molecule has 0 aromatic rings. The molecule has 0 unspecified atom stereocenters. The van der Waals surface area contributed by atoms with Gasteiger partial charge in [0.1, 0.15) is 0 Å². The molecule has 0 heterocycles. The van der Waals surface area contributed by atoms with Crippen molar-refractivity contribution in [3.63, 3.8) is 0 Å². The van der Waals surface area contributed by atoms with Gasteiger partial charge in [0.15, 0.2) is 0 Å². The quantitative estimate of drug-likeness (QED) is 0.544. The van der Waals surface area contributed by atoms with Gasteiger partial charge in [0.05, 0.1) is 0 Å². The maximum atomic E-state index is 0. The summed E-state index contributed by atoms with van der Waals surface area (Å²) in [6, 6.07) is 0. The topological polar surface area (TPSA) is 0 Å². The minimum absolute atomic E-state index is 0. The Hall–Kier alpha value is 0.712. The van der Waals surface area contributed by atoms with Gasteiger partial charge in [0.25, 0.3) is 0 Å². The Morgan fingerprint density at radius 1 is 0.500 bits per heavy atom. The van der Waals surface area contributed by atoms with Crippen LogP contribution in [0.25, 0.3) is 0 Å². The Kier molecular flexibility index (Phi) is 1720. The minimum atomic E-state index is 0. The molecular formula is H3F3Tl. The van der Waals surface area contributed by atoms with Crippen LogP contribution >= 0.6 is 0 Å². The second kappa shape index (κ2) is 53.8.